The highest BCUT2D eigenvalue weighted by atomic mass is 35.5. The molecule has 0 bridgehead atoms. The summed E-state index contributed by atoms with van der Waals surface area (Å²) in [5.74, 6) is 0.576. The molecule has 0 heterocycles. The van der Waals surface area contributed by atoms with Crippen LogP contribution >= 0.6 is 11.6 Å². The molecule has 0 aliphatic heterocycles. The highest BCUT2D eigenvalue weighted by molar-refractivity contribution is 7.92. The van der Waals surface area contributed by atoms with Crippen LogP contribution in [0, 0.1) is 0 Å². The van der Waals surface area contributed by atoms with Crippen molar-refractivity contribution in [2.75, 3.05) is 31.3 Å². The van der Waals surface area contributed by atoms with Crippen molar-refractivity contribution >= 4 is 39.1 Å². The van der Waals surface area contributed by atoms with Crippen molar-refractivity contribution < 1.29 is 27.5 Å². The Bertz CT molecular complexity index is 1250. The average Bonchev–Trinajstić information content (AvgIpc) is 2.84. The summed E-state index contributed by atoms with van der Waals surface area (Å²) in [6.07, 6.45) is 1.80. The molecule has 0 radical (unpaired) electrons. The minimum Gasteiger partial charge on any atom is -0.497 e. The summed E-state index contributed by atoms with van der Waals surface area (Å²) in [6.45, 7) is 7.78. The van der Waals surface area contributed by atoms with Gasteiger partial charge in [-0.1, -0.05) is 30.7 Å². The molecule has 1 N–H and O–H groups in total. The fourth-order valence-corrected chi connectivity index (χ4v) is 5.36. The highest BCUT2D eigenvalue weighted by Crippen LogP contribution is 2.30. The first kappa shape index (κ1) is 32.2. The number of methoxy groups -OCH3 is 2. The molecule has 0 aliphatic rings. The number of carbonyl (C=O) groups is 2. The lowest BCUT2D eigenvalue weighted by atomic mass is 10.0. The van der Waals surface area contributed by atoms with Gasteiger partial charge >= 0.3 is 0 Å². The van der Waals surface area contributed by atoms with Gasteiger partial charge < -0.3 is 19.7 Å². The summed E-state index contributed by atoms with van der Waals surface area (Å²) in [7, 11) is -0.610. The molecule has 216 valence electrons. The van der Waals surface area contributed by atoms with E-state index in [-0.39, 0.29) is 42.8 Å². The Hall–Kier alpha value is -2.98. The number of halogens is 1. The van der Waals surface area contributed by atoms with E-state index in [2.05, 4.69) is 5.32 Å². The summed E-state index contributed by atoms with van der Waals surface area (Å²) in [5.41, 5.74) is 0.723. The third kappa shape index (κ3) is 9.61. The molecule has 9 nitrogen and oxygen atoms in total. The molecule has 0 spiro atoms. The van der Waals surface area contributed by atoms with Crippen molar-refractivity contribution in [3.63, 3.8) is 0 Å². The van der Waals surface area contributed by atoms with Crippen molar-refractivity contribution in [3.05, 3.63) is 53.1 Å². The van der Waals surface area contributed by atoms with E-state index in [1.807, 2.05) is 52.0 Å². The van der Waals surface area contributed by atoms with Crippen molar-refractivity contribution in [3.8, 4) is 11.5 Å². The molecule has 0 saturated carbocycles. The molecule has 0 aromatic heterocycles. The monoisotopic (exact) mass is 581 g/mol. The summed E-state index contributed by atoms with van der Waals surface area (Å²) in [6, 6.07) is 11.4. The Balaban J connectivity index is 2.28. The third-order valence-electron chi connectivity index (χ3n) is 5.95. The van der Waals surface area contributed by atoms with E-state index in [1.165, 1.54) is 17.5 Å². The minimum absolute atomic E-state index is 0.0408. The van der Waals surface area contributed by atoms with Gasteiger partial charge in [-0.15, -0.1) is 0 Å². The topological polar surface area (TPSA) is 105 Å². The van der Waals surface area contributed by atoms with Gasteiger partial charge in [-0.05, 0) is 69.5 Å². The Labute approximate surface area is 237 Å². The normalized spacial score (nSPS) is 12.4. The molecule has 0 aliphatic carbocycles. The van der Waals surface area contributed by atoms with Crippen LogP contribution in [0.5, 0.6) is 11.5 Å². The molecule has 2 amide bonds. The highest BCUT2D eigenvalue weighted by Gasteiger charge is 2.31. The van der Waals surface area contributed by atoms with E-state index in [0.717, 1.165) is 11.8 Å². The molecule has 1 atom stereocenters. The number of benzene rings is 2. The predicted molar refractivity (Wildman–Crippen MR) is 155 cm³/mol. The fraction of sp³-hybridized carbons (Fsp3) is 0.500. The number of nitrogens with zero attached hydrogens (tertiary/aromatic N) is 2. The van der Waals surface area contributed by atoms with Gasteiger partial charge in [0.2, 0.25) is 21.8 Å². The molecule has 39 heavy (non-hydrogen) atoms. The lowest BCUT2D eigenvalue weighted by Gasteiger charge is -2.33. The van der Waals surface area contributed by atoms with E-state index in [1.54, 1.807) is 24.1 Å². The molecule has 0 fully saturated rings. The quantitative estimate of drug-likeness (QED) is 0.370. The minimum atomic E-state index is -3.65. The molecule has 2 rings (SSSR count). The molecule has 1 unspecified atom stereocenters. The number of hydrogen-bond acceptors (Lipinski definition) is 6. The SMILES string of the molecule is CCC(C(=O)NC(C)(C)C)N(Cc1cccc(OC)c1)C(=O)CCCN(c1ccc(OC)c(Cl)c1)S(C)(=O)=O. The number of sulfonamides is 1. The van der Waals surface area contributed by atoms with Gasteiger partial charge in [-0.2, -0.15) is 0 Å². The predicted octanol–water partition coefficient (Wildman–Crippen LogP) is 4.63. The maximum atomic E-state index is 13.6. The zero-order valence-corrected chi connectivity index (χ0v) is 25.4. The second-order valence-electron chi connectivity index (χ2n) is 10.3. The number of ether oxygens (including phenoxy) is 2. The van der Waals surface area contributed by atoms with E-state index < -0.39 is 21.6 Å². The van der Waals surface area contributed by atoms with Crippen LogP contribution in [0.2, 0.25) is 5.02 Å². The second kappa shape index (κ2) is 13.9. The maximum Gasteiger partial charge on any atom is 0.243 e. The van der Waals surface area contributed by atoms with E-state index in [9.17, 15) is 18.0 Å². The Morgan fingerprint density at radius 3 is 2.31 bits per heavy atom. The van der Waals surface area contributed by atoms with Gasteiger partial charge in [0.1, 0.15) is 17.5 Å². The Kier molecular flexibility index (Phi) is 11.5. The van der Waals surface area contributed by atoms with Crippen LogP contribution in [0.1, 0.15) is 52.5 Å². The van der Waals surface area contributed by atoms with Gasteiger partial charge in [0.25, 0.3) is 0 Å². The summed E-state index contributed by atoms with van der Waals surface area (Å²) in [4.78, 5) is 28.3. The Morgan fingerprint density at radius 1 is 1.08 bits per heavy atom. The van der Waals surface area contributed by atoms with Gasteiger partial charge in [-0.3, -0.25) is 13.9 Å². The second-order valence-corrected chi connectivity index (χ2v) is 12.6. The maximum absolute atomic E-state index is 13.6. The van der Waals surface area contributed by atoms with Gasteiger partial charge in [0.05, 0.1) is 31.2 Å². The van der Waals surface area contributed by atoms with Crippen molar-refractivity contribution in [1.82, 2.24) is 10.2 Å². The zero-order valence-electron chi connectivity index (χ0n) is 23.8. The van der Waals surface area contributed by atoms with Crippen LogP contribution < -0.4 is 19.1 Å². The number of anilines is 1. The van der Waals surface area contributed by atoms with E-state index in [4.69, 9.17) is 21.1 Å². The molecule has 2 aromatic rings. The number of carbonyl (C=O) groups excluding carboxylic acids is 2. The van der Waals surface area contributed by atoms with Crippen LogP contribution in [0.3, 0.4) is 0 Å². The Morgan fingerprint density at radius 2 is 1.77 bits per heavy atom. The molecular weight excluding hydrogens is 542 g/mol. The molecule has 0 saturated heterocycles. The summed E-state index contributed by atoms with van der Waals surface area (Å²) >= 11 is 6.22. The zero-order chi connectivity index (χ0) is 29.4. The molecule has 2 aromatic carbocycles. The van der Waals surface area contributed by atoms with E-state index in [0.29, 0.717) is 23.6 Å². The van der Waals surface area contributed by atoms with Crippen molar-refractivity contribution in [2.45, 2.75) is 65.1 Å². The third-order valence-corrected chi connectivity index (χ3v) is 7.44. The largest absolute Gasteiger partial charge is 0.497 e. The van der Waals surface area contributed by atoms with Gasteiger partial charge in [0, 0.05) is 25.0 Å². The lowest BCUT2D eigenvalue weighted by Crippen LogP contribution is -2.53. The number of hydrogen-bond donors (Lipinski definition) is 1. The first-order valence-corrected chi connectivity index (χ1v) is 15.0. The number of amides is 2. The summed E-state index contributed by atoms with van der Waals surface area (Å²) in [5, 5.41) is 3.25. The first-order valence-electron chi connectivity index (χ1n) is 12.8. The van der Waals surface area contributed by atoms with Crippen LogP contribution in [-0.2, 0) is 26.2 Å². The van der Waals surface area contributed by atoms with Crippen LogP contribution in [0.25, 0.3) is 0 Å². The van der Waals surface area contributed by atoms with Crippen LogP contribution in [-0.4, -0.2) is 63.7 Å². The van der Waals surface area contributed by atoms with E-state index >= 15 is 0 Å². The first-order chi connectivity index (χ1) is 18.2. The van der Waals surface area contributed by atoms with Crippen molar-refractivity contribution in [2.24, 2.45) is 0 Å². The number of nitrogens with one attached hydrogen (secondary N) is 1. The van der Waals surface area contributed by atoms with Gasteiger partial charge in [-0.25, -0.2) is 8.42 Å². The van der Waals surface area contributed by atoms with Crippen molar-refractivity contribution in [1.29, 1.82) is 0 Å². The number of rotatable bonds is 13. The fourth-order valence-electron chi connectivity index (χ4n) is 4.15. The standard InChI is InChI=1S/C28H40ClN3O6S/c1-8-24(27(34)30-28(2,3)4)31(19-20-11-9-12-22(17-20)37-5)26(33)13-10-16-32(39(7,35)36)21-14-15-25(38-6)23(29)18-21/h9,11-12,14-15,17-18,24H,8,10,13,16,19H2,1-7H3,(H,30,34). The molecular formula is C28H40ClN3O6S. The van der Waals surface area contributed by atoms with Crippen LogP contribution in [0.4, 0.5) is 5.69 Å². The molecule has 11 heteroatoms. The van der Waals surface area contributed by atoms with Gasteiger partial charge in [0.15, 0.2) is 0 Å². The smallest absolute Gasteiger partial charge is 0.243 e. The lowest BCUT2D eigenvalue weighted by molar-refractivity contribution is -0.142. The van der Waals surface area contributed by atoms with Crippen LogP contribution in [0.15, 0.2) is 42.5 Å². The average molecular weight is 582 g/mol. The summed E-state index contributed by atoms with van der Waals surface area (Å²) < 4.78 is 36.8.